The van der Waals surface area contributed by atoms with Crippen LogP contribution in [0, 0.1) is 13.8 Å². The van der Waals surface area contributed by atoms with Crippen molar-refractivity contribution in [3.8, 4) is 22.6 Å². The van der Waals surface area contributed by atoms with Crippen molar-refractivity contribution in [1.82, 2.24) is 30.5 Å². The zero-order chi connectivity index (χ0) is 20.9. The normalized spacial score (nSPS) is 10.6. The first kappa shape index (κ1) is 19.3. The van der Waals surface area contributed by atoms with E-state index in [2.05, 4.69) is 30.5 Å². The van der Waals surface area contributed by atoms with Gasteiger partial charge in [0.05, 0.1) is 17.0 Å². The lowest BCUT2D eigenvalue weighted by molar-refractivity contribution is 0.0950. The van der Waals surface area contributed by atoms with E-state index in [4.69, 9.17) is 0 Å². The lowest BCUT2D eigenvalue weighted by Crippen LogP contribution is -2.23. The second-order valence-corrected chi connectivity index (χ2v) is 6.92. The van der Waals surface area contributed by atoms with Gasteiger partial charge in [0.15, 0.2) is 0 Å². The van der Waals surface area contributed by atoms with E-state index < -0.39 is 0 Å². The summed E-state index contributed by atoms with van der Waals surface area (Å²) in [5.74, 6) is -0.195. The molecule has 148 valence electrons. The molecule has 0 aliphatic carbocycles. The molecule has 0 aliphatic rings. The lowest BCUT2D eigenvalue weighted by Gasteiger charge is -2.10. The highest BCUT2D eigenvalue weighted by Gasteiger charge is 2.09. The number of nitrogens with zero attached hydrogens (tertiary/aromatic N) is 5. The van der Waals surface area contributed by atoms with Crippen LogP contribution < -0.4 is 5.32 Å². The van der Waals surface area contributed by atoms with Crippen molar-refractivity contribution in [1.29, 1.82) is 0 Å². The van der Waals surface area contributed by atoms with Gasteiger partial charge in [0.25, 0.3) is 5.91 Å². The molecule has 0 saturated carbocycles. The van der Waals surface area contributed by atoms with Gasteiger partial charge in [-0.25, -0.2) is 0 Å². The average molecular weight is 396 g/mol. The smallest absolute Gasteiger partial charge is 0.253 e. The Morgan fingerprint density at radius 2 is 1.83 bits per heavy atom. The lowest BCUT2D eigenvalue weighted by atomic mass is 10.1. The standard InChI is InChI=1S/C23H20N6O/c1-15-10-17(12-26-22(15)18-7-9-24-16(2)11-18)13-27-23(30)19-5-6-20(25-14-19)21-4-3-8-28-29-21/h3-12,14H,13H2,1-2H3,(H,27,30). The van der Waals surface area contributed by atoms with Gasteiger partial charge in [-0.2, -0.15) is 5.10 Å². The summed E-state index contributed by atoms with van der Waals surface area (Å²) in [5.41, 5.74) is 6.68. The van der Waals surface area contributed by atoms with E-state index in [1.807, 2.05) is 38.1 Å². The molecule has 0 bridgehead atoms. The first-order valence-electron chi connectivity index (χ1n) is 9.51. The van der Waals surface area contributed by atoms with E-state index in [0.717, 1.165) is 28.1 Å². The van der Waals surface area contributed by atoms with Gasteiger partial charge in [-0.05, 0) is 61.4 Å². The summed E-state index contributed by atoms with van der Waals surface area (Å²) in [6.07, 6.45) is 6.71. The third kappa shape index (κ3) is 4.35. The molecule has 0 radical (unpaired) electrons. The Balaban J connectivity index is 1.42. The van der Waals surface area contributed by atoms with Crippen molar-refractivity contribution in [2.45, 2.75) is 20.4 Å². The molecule has 7 nitrogen and oxygen atoms in total. The number of aryl methyl sites for hydroxylation is 2. The van der Waals surface area contributed by atoms with Crippen LogP contribution in [0.5, 0.6) is 0 Å². The van der Waals surface area contributed by atoms with Crippen LogP contribution >= 0.6 is 0 Å². The first-order valence-corrected chi connectivity index (χ1v) is 9.51. The number of aromatic nitrogens is 5. The molecule has 0 spiro atoms. The van der Waals surface area contributed by atoms with E-state index in [9.17, 15) is 4.79 Å². The molecule has 1 amide bonds. The maximum atomic E-state index is 12.5. The number of carbonyl (C=O) groups is 1. The van der Waals surface area contributed by atoms with E-state index >= 15 is 0 Å². The molecule has 4 rings (SSSR count). The van der Waals surface area contributed by atoms with E-state index in [1.54, 1.807) is 36.8 Å². The molecule has 0 atom stereocenters. The van der Waals surface area contributed by atoms with E-state index in [-0.39, 0.29) is 5.91 Å². The Labute approximate surface area is 174 Å². The Hall–Kier alpha value is -4.00. The van der Waals surface area contributed by atoms with Gasteiger partial charge >= 0.3 is 0 Å². The third-order valence-corrected chi connectivity index (χ3v) is 4.62. The molecule has 0 unspecified atom stereocenters. The molecule has 0 fully saturated rings. The minimum absolute atomic E-state index is 0.195. The largest absolute Gasteiger partial charge is 0.348 e. The van der Waals surface area contributed by atoms with Gasteiger partial charge in [-0.1, -0.05) is 6.07 Å². The summed E-state index contributed by atoms with van der Waals surface area (Å²) in [5, 5.41) is 10.8. The van der Waals surface area contributed by atoms with Crippen LogP contribution in [0.1, 0.15) is 27.2 Å². The average Bonchev–Trinajstić information content (AvgIpc) is 2.78. The van der Waals surface area contributed by atoms with Crippen molar-refractivity contribution in [3.05, 3.63) is 89.6 Å². The molecule has 0 aromatic carbocycles. The molecule has 0 saturated heterocycles. The zero-order valence-electron chi connectivity index (χ0n) is 16.7. The molecule has 4 heterocycles. The van der Waals surface area contributed by atoms with E-state index in [1.165, 1.54) is 6.20 Å². The predicted octanol–water partition coefficient (Wildman–Crippen LogP) is 3.54. The first-order chi connectivity index (χ1) is 14.6. The summed E-state index contributed by atoms with van der Waals surface area (Å²) in [7, 11) is 0. The minimum Gasteiger partial charge on any atom is -0.348 e. The van der Waals surface area contributed by atoms with Crippen LogP contribution in [0.4, 0.5) is 0 Å². The number of rotatable bonds is 5. The number of carbonyl (C=O) groups excluding carboxylic acids is 1. The molecule has 4 aromatic rings. The van der Waals surface area contributed by atoms with E-state index in [0.29, 0.717) is 23.5 Å². The van der Waals surface area contributed by atoms with Crippen molar-refractivity contribution < 1.29 is 4.79 Å². The summed E-state index contributed by atoms with van der Waals surface area (Å²) in [6.45, 7) is 4.35. The van der Waals surface area contributed by atoms with Crippen molar-refractivity contribution in [2.24, 2.45) is 0 Å². The molecule has 7 heteroatoms. The number of amides is 1. The minimum atomic E-state index is -0.195. The van der Waals surface area contributed by atoms with Gasteiger partial charge in [-0.3, -0.25) is 19.7 Å². The molecule has 1 N–H and O–H groups in total. The van der Waals surface area contributed by atoms with Gasteiger partial charge in [0, 0.05) is 42.6 Å². The molecular formula is C23H20N6O. The van der Waals surface area contributed by atoms with Gasteiger partial charge < -0.3 is 5.32 Å². The summed E-state index contributed by atoms with van der Waals surface area (Å²) in [6, 6.07) is 13.1. The molecule has 0 aliphatic heterocycles. The predicted molar refractivity (Wildman–Crippen MR) is 113 cm³/mol. The number of pyridine rings is 3. The van der Waals surface area contributed by atoms with Crippen molar-refractivity contribution in [2.75, 3.05) is 0 Å². The Morgan fingerprint density at radius 3 is 2.53 bits per heavy atom. The quantitative estimate of drug-likeness (QED) is 0.555. The van der Waals surface area contributed by atoms with Crippen LogP contribution in [-0.4, -0.2) is 31.1 Å². The van der Waals surface area contributed by atoms with Crippen LogP contribution in [0.3, 0.4) is 0 Å². The van der Waals surface area contributed by atoms with Gasteiger partial charge in [0.1, 0.15) is 5.69 Å². The molecule has 4 aromatic heterocycles. The number of nitrogens with one attached hydrogen (secondary N) is 1. The fourth-order valence-corrected chi connectivity index (χ4v) is 3.13. The summed E-state index contributed by atoms with van der Waals surface area (Å²) < 4.78 is 0. The maximum Gasteiger partial charge on any atom is 0.253 e. The van der Waals surface area contributed by atoms with Crippen LogP contribution in [0.15, 0.2) is 67.3 Å². The van der Waals surface area contributed by atoms with Gasteiger partial charge in [0.2, 0.25) is 0 Å². The van der Waals surface area contributed by atoms with Crippen LogP contribution in [-0.2, 0) is 6.54 Å². The van der Waals surface area contributed by atoms with Gasteiger partial charge in [-0.15, -0.1) is 5.10 Å². The molecular weight excluding hydrogens is 376 g/mol. The Kier molecular flexibility index (Phi) is 5.52. The fourth-order valence-electron chi connectivity index (χ4n) is 3.13. The molecule has 30 heavy (non-hydrogen) atoms. The van der Waals surface area contributed by atoms with Crippen LogP contribution in [0.2, 0.25) is 0 Å². The monoisotopic (exact) mass is 396 g/mol. The Morgan fingerprint density at radius 1 is 0.933 bits per heavy atom. The maximum absolute atomic E-state index is 12.5. The SMILES string of the molecule is Cc1cc(-c2ncc(CNC(=O)c3ccc(-c4cccnn4)nc3)cc2C)ccn1. The summed E-state index contributed by atoms with van der Waals surface area (Å²) in [4.78, 5) is 25.6. The highest BCUT2D eigenvalue weighted by Crippen LogP contribution is 2.21. The van der Waals surface area contributed by atoms with Crippen LogP contribution in [0.25, 0.3) is 22.6 Å². The topological polar surface area (TPSA) is 93.6 Å². The Bertz CT molecular complexity index is 1180. The highest BCUT2D eigenvalue weighted by molar-refractivity contribution is 5.94. The fraction of sp³-hybridized carbons (Fsp3) is 0.130. The second kappa shape index (κ2) is 8.57. The second-order valence-electron chi connectivity index (χ2n) is 6.92. The third-order valence-electron chi connectivity index (χ3n) is 4.62. The zero-order valence-corrected chi connectivity index (χ0v) is 16.7. The summed E-state index contributed by atoms with van der Waals surface area (Å²) >= 11 is 0. The number of hydrogen-bond donors (Lipinski definition) is 1. The van der Waals surface area contributed by atoms with Crippen molar-refractivity contribution in [3.63, 3.8) is 0 Å². The number of hydrogen-bond acceptors (Lipinski definition) is 6. The van der Waals surface area contributed by atoms with Crippen molar-refractivity contribution >= 4 is 5.91 Å². The highest BCUT2D eigenvalue weighted by atomic mass is 16.1.